The number of carbonyl (C=O) groups excluding carboxylic acids is 1. The Hall–Kier alpha value is -1.75. The van der Waals surface area contributed by atoms with E-state index in [0.717, 1.165) is 16.6 Å². The van der Waals surface area contributed by atoms with Crippen LogP contribution in [0.3, 0.4) is 0 Å². The lowest BCUT2D eigenvalue weighted by Gasteiger charge is -2.17. The molecule has 0 unspecified atom stereocenters. The number of benzene rings is 1. The van der Waals surface area contributed by atoms with Gasteiger partial charge in [0.05, 0.1) is 5.69 Å². The normalized spacial score (nSPS) is 16.0. The van der Waals surface area contributed by atoms with Crippen LogP contribution in [-0.4, -0.2) is 22.2 Å². The van der Waals surface area contributed by atoms with Gasteiger partial charge in [0.25, 0.3) is 0 Å². The summed E-state index contributed by atoms with van der Waals surface area (Å²) in [5, 5.41) is 6.53. The number of thioether (sulfide) groups is 1. The Labute approximate surface area is 96.3 Å². The van der Waals surface area contributed by atoms with E-state index in [-0.39, 0.29) is 5.24 Å². The SMILES string of the molecule is O=C1SCC=NN1c1c[nH]c2ccccc12. The lowest BCUT2D eigenvalue weighted by Crippen LogP contribution is -2.24. The molecule has 0 saturated carbocycles. The Morgan fingerprint density at radius 1 is 1.38 bits per heavy atom. The molecule has 1 aromatic carbocycles. The van der Waals surface area contributed by atoms with Gasteiger partial charge in [-0.3, -0.25) is 4.79 Å². The molecule has 4 nitrogen and oxygen atoms in total. The molecule has 2 heterocycles. The molecule has 0 aliphatic carbocycles. The highest BCUT2D eigenvalue weighted by Gasteiger charge is 2.20. The lowest BCUT2D eigenvalue weighted by molar-refractivity contribution is 0.265. The van der Waals surface area contributed by atoms with Crippen molar-refractivity contribution in [2.75, 3.05) is 10.8 Å². The predicted octanol–water partition coefficient (Wildman–Crippen LogP) is 2.83. The first-order valence-electron chi connectivity index (χ1n) is 4.92. The highest BCUT2D eigenvalue weighted by Crippen LogP contribution is 2.29. The van der Waals surface area contributed by atoms with Crippen molar-refractivity contribution in [2.24, 2.45) is 5.10 Å². The maximum absolute atomic E-state index is 11.7. The van der Waals surface area contributed by atoms with E-state index in [2.05, 4.69) is 10.1 Å². The third-order valence-corrected chi connectivity index (χ3v) is 3.18. The van der Waals surface area contributed by atoms with E-state index in [9.17, 15) is 4.79 Å². The minimum atomic E-state index is -0.0350. The topological polar surface area (TPSA) is 48.5 Å². The first-order chi connectivity index (χ1) is 7.86. The van der Waals surface area contributed by atoms with Crippen molar-refractivity contribution in [3.8, 4) is 0 Å². The Morgan fingerprint density at radius 3 is 3.12 bits per heavy atom. The van der Waals surface area contributed by atoms with Crippen molar-refractivity contribution < 1.29 is 4.79 Å². The molecule has 0 bridgehead atoms. The van der Waals surface area contributed by atoms with Gasteiger partial charge in [0.2, 0.25) is 0 Å². The smallest absolute Gasteiger partial charge is 0.306 e. The van der Waals surface area contributed by atoms with Crippen molar-refractivity contribution in [1.29, 1.82) is 0 Å². The first-order valence-corrected chi connectivity index (χ1v) is 5.90. The Kier molecular flexibility index (Phi) is 2.18. The second-order valence-electron chi connectivity index (χ2n) is 3.41. The highest BCUT2D eigenvalue weighted by molar-refractivity contribution is 8.14. The van der Waals surface area contributed by atoms with E-state index in [1.807, 2.05) is 30.5 Å². The van der Waals surface area contributed by atoms with Gasteiger partial charge in [-0.05, 0) is 6.07 Å². The van der Waals surface area contributed by atoms with Crippen molar-refractivity contribution in [1.82, 2.24) is 4.98 Å². The minimum Gasteiger partial charge on any atom is -0.359 e. The average Bonchev–Trinajstić information content (AvgIpc) is 2.74. The van der Waals surface area contributed by atoms with E-state index in [0.29, 0.717) is 5.75 Å². The molecule has 1 aliphatic rings. The van der Waals surface area contributed by atoms with E-state index >= 15 is 0 Å². The number of amides is 1. The molecule has 0 radical (unpaired) electrons. The number of anilines is 1. The zero-order valence-corrected chi connectivity index (χ0v) is 9.20. The summed E-state index contributed by atoms with van der Waals surface area (Å²) in [6.45, 7) is 0. The van der Waals surface area contributed by atoms with E-state index in [4.69, 9.17) is 0 Å². The third kappa shape index (κ3) is 1.40. The molecule has 1 aromatic heterocycles. The maximum Gasteiger partial charge on any atom is 0.306 e. The lowest BCUT2D eigenvalue weighted by atomic mass is 10.2. The van der Waals surface area contributed by atoms with Crippen LogP contribution < -0.4 is 5.01 Å². The molecule has 2 aromatic rings. The predicted molar refractivity (Wildman–Crippen MR) is 67.1 cm³/mol. The summed E-state index contributed by atoms with van der Waals surface area (Å²) in [7, 11) is 0. The van der Waals surface area contributed by atoms with Gasteiger partial charge in [0.15, 0.2) is 0 Å². The largest absolute Gasteiger partial charge is 0.359 e. The first kappa shape index (κ1) is 9.47. The Morgan fingerprint density at radius 2 is 2.25 bits per heavy atom. The van der Waals surface area contributed by atoms with Gasteiger partial charge in [0, 0.05) is 29.1 Å². The Balaban J connectivity index is 2.15. The highest BCUT2D eigenvalue weighted by atomic mass is 32.2. The number of hydrogen-bond donors (Lipinski definition) is 1. The summed E-state index contributed by atoms with van der Waals surface area (Å²) >= 11 is 1.26. The molecule has 3 rings (SSSR count). The van der Waals surface area contributed by atoms with Crippen LogP contribution in [0.15, 0.2) is 35.6 Å². The summed E-state index contributed by atoms with van der Waals surface area (Å²) in [6, 6.07) is 7.86. The quantitative estimate of drug-likeness (QED) is 0.820. The zero-order valence-electron chi connectivity index (χ0n) is 8.38. The number of nitrogens with zero attached hydrogens (tertiary/aromatic N) is 2. The second-order valence-corrected chi connectivity index (χ2v) is 4.38. The molecule has 1 N–H and O–H groups in total. The van der Waals surface area contributed by atoms with Gasteiger partial charge < -0.3 is 4.98 Å². The van der Waals surface area contributed by atoms with Crippen LogP contribution in [0, 0.1) is 0 Å². The number of fused-ring (bicyclic) bond motifs is 1. The van der Waals surface area contributed by atoms with Crippen LogP contribution in [0.1, 0.15) is 0 Å². The van der Waals surface area contributed by atoms with Crippen LogP contribution in [0.25, 0.3) is 10.9 Å². The summed E-state index contributed by atoms with van der Waals surface area (Å²) in [6.07, 6.45) is 3.56. The fourth-order valence-electron chi connectivity index (χ4n) is 1.72. The number of hydrazone groups is 1. The standard InChI is InChI=1S/C11H9N3OS/c15-11-14(13-5-6-16-11)10-7-12-9-4-2-1-3-8(9)10/h1-5,7,12H,6H2. The monoisotopic (exact) mass is 231 g/mol. The molecule has 80 valence electrons. The number of carbonyl (C=O) groups is 1. The minimum absolute atomic E-state index is 0.0350. The van der Waals surface area contributed by atoms with Crippen LogP contribution in [0.2, 0.25) is 0 Å². The van der Waals surface area contributed by atoms with Crippen LogP contribution >= 0.6 is 11.8 Å². The van der Waals surface area contributed by atoms with Crippen molar-refractivity contribution in [2.45, 2.75) is 0 Å². The van der Waals surface area contributed by atoms with Gasteiger partial charge in [-0.1, -0.05) is 30.0 Å². The number of nitrogens with one attached hydrogen (secondary N) is 1. The van der Waals surface area contributed by atoms with Crippen molar-refractivity contribution in [3.05, 3.63) is 30.5 Å². The van der Waals surface area contributed by atoms with Crippen molar-refractivity contribution in [3.63, 3.8) is 0 Å². The molecular formula is C11H9N3OS. The van der Waals surface area contributed by atoms with Gasteiger partial charge in [-0.15, -0.1) is 0 Å². The number of aromatic amines is 1. The summed E-state index contributed by atoms with van der Waals surface area (Å²) in [5.41, 5.74) is 1.82. The molecule has 0 saturated heterocycles. The second kappa shape index (κ2) is 3.68. The molecule has 1 aliphatic heterocycles. The molecule has 1 amide bonds. The van der Waals surface area contributed by atoms with Gasteiger partial charge in [-0.25, -0.2) is 0 Å². The number of hydrogen-bond acceptors (Lipinski definition) is 3. The number of aromatic nitrogens is 1. The van der Waals surface area contributed by atoms with Crippen LogP contribution in [0.5, 0.6) is 0 Å². The van der Waals surface area contributed by atoms with Gasteiger partial charge in [-0.2, -0.15) is 10.1 Å². The molecule has 5 heteroatoms. The fraction of sp³-hybridized carbons (Fsp3) is 0.0909. The van der Waals surface area contributed by atoms with E-state index in [1.54, 1.807) is 6.21 Å². The van der Waals surface area contributed by atoms with E-state index < -0.39 is 0 Å². The molecule has 16 heavy (non-hydrogen) atoms. The summed E-state index contributed by atoms with van der Waals surface area (Å²) in [5.74, 6) is 0.650. The third-order valence-electron chi connectivity index (χ3n) is 2.45. The number of H-pyrrole nitrogens is 1. The molecule has 0 spiro atoms. The van der Waals surface area contributed by atoms with Crippen LogP contribution in [0.4, 0.5) is 10.5 Å². The zero-order chi connectivity index (χ0) is 11.0. The van der Waals surface area contributed by atoms with Gasteiger partial charge >= 0.3 is 5.24 Å². The summed E-state index contributed by atoms with van der Waals surface area (Å²) < 4.78 is 0. The van der Waals surface area contributed by atoms with E-state index in [1.165, 1.54) is 16.8 Å². The Bertz CT molecular complexity index is 575. The van der Waals surface area contributed by atoms with Crippen LogP contribution in [-0.2, 0) is 0 Å². The maximum atomic E-state index is 11.7. The molecule has 0 fully saturated rings. The molecular weight excluding hydrogens is 222 g/mol. The number of para-hydroxylation sites is 1. The fourth-order valence-corrected chi connectivity index (χ4v) is 2.28. The average molecular weight is 231 g/mol. The molecule has 0 atom stereocenters. The summed E-state index contributed by atoms with van der Waals surface area (Å²) in [4.78, 5) is 14.8. The van der Waals surface area contributed by atoms with Crippen molar-refractivity contribution >= 4 is 39.8 Å². The van der Waals surface area contributed by atoms with Gasteiger partial charge in [0.1, 0.15) is 0 Å². The number of rotatable bonds is 1.